The maximum atomic E-state index is 9.78. The molecule has 2 aromatic heterocycles. The Labute approximate surface area is 207 Å². The van der Waals surface area contributed by atoms with Crippen LogP contribution >= 0.6 is 11.6 Å². The van der Waals surface area contributed by atoms with Crippen LogP contribution in [0.5, 0.6) is 0 Å². The van der Waals surface area contributed by atoms with Crippen molar-refractivity contribution in [1.82, 2.24) is 14.5 Å². The van der Waals surface area contributed by atoms with Gasteiger partial charge >= 0.3 is 0 Å². The standard InChI is InChI=1S/C27H32ClN3O2Si/c1-27(2,3)34(22-12-6-4-7-13-22,23-14-8-5-9-15-23)33-17-11-10-16-31-25(20-32)30-24-18-21(28)19-29-26(24)31/h4-9,12-15,18-19,32H,10-11,16-17,20H2,1-3H3/q-1. The van der Waals surface area contributed by atoms with Gasteiger partial charge in [-0.25, -0.2) is 9.97 Å². The molecule has 0 amide bonds. The van der Waals surface area contributed by atoms with Gasteiger partial charge in [-0.1, -0.05) is 93.0 Å². The molecule has 4 aromatic rings. The van der Waals surface area contributed by atoms with Crippen molar-refractivity contribution in [3.8, 4) is 0 Å². The molecule has 0 aliphatic carbocycles. The second kappa shape index (κ2) is 10.4. The van der Waals surface area contributed by atoms with Gasteiger partial charge < -0.3 is 14.1 Å². The van der Waals surface area contributed by atoms with Gasteiger partial charge in [0.05, 0.1) is 13.3 Å². The number of aliphatic hydroxyl groups is 1. The summed E-state index contributed by atoms with van der Waals surface area (Å²) in [4.78, 5) is 8.92. The number of aryl methyl sites for hydroxylation is 1. The van der Waals surface area contributed by atoms with Crippen molar-refractivity contribution in [2.45, 2.75) is 51.8 Å². The fourth-order valence-corrected chi connectivity index (χ4v) is 9.51. The van der Waals surface area contributed by atoms with Crippen LogP contribution in [0.15, 0.2) is 72.9 Å². The summed E-state index contributed by atoms with van der Waals surface area (Å²) in [6, 6.07) is 23.2. The molecule has 0 spiro atoms. The summed E-state index contributed by atoms with van der Waals surface area (Å²) in [5.41, 5.74) is 1.46. The minimum absolute atomic E-state index is 0.0382. The molecule has 0 radical (unpaired) electrons. The number of hydrogen-bond acceptors (Lipinski definition) is 4. The first kappa shape index (κ1) is 24.6. The maximum absolute atomic E-state index is 9.78. The molecule has 0 saturated heterocycles. The van der Waals surface area contributed by atoms with Crippen molar-refractivity contribution < 1.29 is 9.53 Å². The second-order valence-corrected chi connectivity index (χ2v) is 14.3. The topological polar surface area (TPSA) is 60.2 Å². The lowest BCUT2D eigenvalue weighted by Crippen LogP contribution is -2.66. The summed E-state index contributed by atoms with van der Waals surface area (Å²) in [6.45, 7) is 8.12. The lowest BCUT2D eigenvalue weighted by molar-refractivity contribution is 0.262. The fourth-order valence-electron chi connectivity index (χ4n) is 4.75. The van der Waals surface area contributed by atoms with Gasteiger partial charge in [0.2, 0.25) is 0 Å². The molecule has 1 N–H and O–H groups in total. The van der Waals surface area contributed by atoms with Crippen LogP contribution in [0, 0.1) is 0 Å². The second-order valence-electron chi connectivity index (χ2n) is 9.55. The molecule has 0 fully saturated rings. The zero-order valence-electron chi connectivity index (χ0n) is 20.0. The van der Waals surface area contributed by atoms with Crippen molar-refractivity contribution in [3.05, 3.63) is 83.8 Å². The van der Waals surface area contributed by atoms with Gasteiger partial charge in [0.25, 0.3) is 0 Å². The van der Waals surface area contributed by atoms with Crippen molar-refractivity contribution in [3.63, 3.8) is 0 Å². The average Bonchev–Trinajstić information content (AvgIpc) is 3.18. The van der Waals surface area contributed by atoms with E-state index < -0.39 is 8.32 Å². The van der Waals surface area contributed by atoms with Gasteiger partial charge in [0, 0.05) is 19.3 Å². The van der Waals surface area contributed by atoms with E-state index in [0.717, 1.165) is 18.5 Å². The van der Waals surface area contributed by atoms with Crippen LogP contribution in [0.25, 0.3) is 11.2 Å². The minimum Gasteiger partial charge on any atom is -0.558 e. The van der Waals surface area contributed by atoms with Crippen molar-refractivity contribution in [2.75, 3.05) is 6.61 Å². The molecule has 0 bridgehead atoms. The third kappa shape index (κ3) is 4.82. The van der Waals surface area contributed by atoms with E-state index in [9.17, 15) is 5.11 Å². The van der Waals surface area contributed by atoms with Gasteiger partial charge in [-0.2, -0.15) is 10.4 Å². The first-order chi connectivity index (χ1) is 16.4. The molecule has 179 valence electrons. The Morgan fingerprint density at radius 1 is 0.971 bits per heavy atom. The highest BCUT2D eigenvalue weighted by atomic mass is 35.5. The zero-order chi connectivity index (χ0) is 24.2. The summed E-state index contributed by atoms with van der Waals surface area (Å²) >= 11 is 6.06. The van der Waals surface area contributed by atoms with Gasteiger partial charge in [-0.3, -0.25) is 0 Å². The number of imidazole rings is 1. The third-order valence-corrected chi connectivity index (χ3v) is 11.5. The Morgan fingerprint density at radius 2 is 1.59 bits per heavy atom. The Balaban J connectivity index is 1.53. The van der Waals surface area contributed by atoms with Gasteiger partial charge in [0.1, 0.15) is 17.9 Å². The van der Waals surface area contributed by atoms with Gasteiger partial charge in [-0.15, -0.1) is 5.04 Å². The molecule has 0 unspecified atom stereocenters. The molecule has 5 nitrogen and oxygen atoms in total. The molecule has 2 heterocycles. The van der Waals surface area contributed by atoms with Crippen molar-refractivity contribution in [2.24, 2.45) is 0 Å². The van der Waals surface area contributed by atoms with E-state index in [0.29, 0.717) is 29.5 Å². The molecule has 2 aromatic carbocycles. The highest BCUT2D eigenvalue weighted by Gasteiger charge is 2.36. The number of aliphatic hydroxyl groups excluding tert-OH is 1. The van der Waals surface area contributed by atoms with E-state index >= 15 is 0 Å². The van der Waals surface area contributed by atoms with E-state index in [2.05, 4.69) is 91.4 Å². The maximum Gasteiger partial charge on any atom is 0.160 e. The van der Waals surface area contributed by atoms with Crippen LogP contribution in [0.4, 0.5) is 0 Å². The van der Waals surface area contributed by atoms with Gasteiger partial charge in [-0.05, 0) is 18.9 Å². The lowest BCUT2D eigenvalue weighted by atomic mass is 10.2. The number of pyridine rings is 1. The number of nitrogens with zero attached hydrogens (tertiary/aromatic N) is 3. The Morgan fingerprint density at radius 3 is 2.15 bits per heavy atom. The van der Waals surface area contributed by atoms with E-state index in [1.807, 2.05) is 4.57 Å². The number of hydrogen-bond donors (Lipinski definition) is 1. The predicted octanol–water partition coefficient (Wildman–Crippen LogP) is 4.93. The zero-order valence-corrected chi connectivity index (χ0v) is 21.8. The molecule has 0 saturated carbocycles. The highest BCUT2D eigenvalue weighted by molar-refractivity contribution is 6.99. The van der Waals surface area contributed by atoms with Crippen molar-refractivity contribution >= 4 is 41.5 Å². The number of aromatic nitrogens is 3. The molecule has 4 rings (SSSR count). The SMILES string of the molecule is CC(C)(C)[Si-](OCCCCn1c(CO)nc2cc(Cl)cnc21)(c1ccccc1)c1ccccc1. The lowest BCUT2D eigenvalue weighted by Gasteiger charge is -2.55. The predicted molar refractivity (Wildman–Crippen MR) is 141 cm³/mol. The molecule has 34 heavy (non-hydrogen) atoms. The number of halogens is 1. The van der Waals surface area contributed by atoms with Crippen LogP contribution in [0.2, 0.25) is 10.1 Å². The van der Waals surface area contributed by atoms with E-state index in [1.54, 1.807) is 12.3 Å². The van der Waals surface area contributed by atoms with E-state index in [4.69, 9.17) is 16.0 Å². The first-order valence-corrected chi connectivity index (χ1v) is 14.0. The molecule has 0 atom stereocenters. The number of rotatable bonds is 9. The first-order valence-electron chi connectivity index (χ1n) is 11.7. The Kier molecular flexibility index (Phi) is 7.53. The van der Waals surface area contributed by atoms with E-state index in [-0.39, 0.29) is 11.6 Å². The summed E-state index contributed by atoms with van der Waals surface area (Å²) in [5, 5.41) is 12.9. The highest BCUT2D eigenvalue weighted by Crippen LogP contribution is 2.36. The fraction of sp³-hybridized carbons (Fsp3) is 0.333. The smallest absolute Gasteiger partial charge is 0.160 e. The largest absolute Gasteiger partial charge is 0.558 e. The summed E-state index contributed by atoms with van der Waals surface area (Å²) in [6.07, 6.45) is 3.40. The number of fused-ring (bicyclic) bond motifs is 1. The third-order valence-electron chi connectivity index (χ3n) is 6.28. The van der Waals surface area contributed by atoms with Crippen LogP contribution in [0.1, 0.15) is 39.4 Å². The molecular weight excluding hydrogens is 462 g/mol. The Bertz CT molecular complexity index is 1180. The average molecular weight is 494 g/mol. The van der Waals surface area contributed by atoms with Crippen LogP contribution in [-0.4, -0.2) is 34.6 Å². The van der Waals surface area contributed by atoms with Crippen LogP contribution in [-0.2, 0) is 17.6 Å². The van der Waals surface area contributed by atoms with Crippen LogP contribution < -0.4 is 10.4 Å². The molecule has 0 aliphatic rings. The Hall–Kier alpha value is -2.51. The van der Waals surface area contributed by atoms with Crippen LogP contribution in [0.3, 0.4) is 0 Å². The van der Waals surface area contributed by atoms with Crippen molar-refractivity contribution in [1.29, 1.82) is 0 Å². The quantitative estimate of drug-likeness (QED) is 0.265. The minimum atomic E-state index is -2.52. The molecular formula is C27H32ClN3O2Si-. The summed E-state index contributed by atoms with van der Waals surface area (Å²) in [7, 11) is -2.52. The summed E-state index contributed by atoms with van der Waals surface area (Å²) in [5.74, 6) is 0.609. The summed E-state index contributed by atoms with van der Waals surface area (Å²) < 4.78 is 8.96. The van der Waals surface area contributed by atoms with Gasteiger partial charge in [0.15, 0.2) is 5.65 Å². The number of benzene rings is 2. The molecule has 0 aliphatic heterocycles. The van der Waals surface area contributed by atoms with E-state index in [1.165, 1.54) is 10.4 Å². The monoisotopic (exact) mass is 493 g/mol. The number of unbranched alkanes of at least 4 members (excludes halogenated alkanes) is 1. The molecule has 7 heteroatoms. The normalized spacial score (nSPS) is 12.4.